The van der Waals surface area contributed by atoms with Crippen molar-refractivity contribution in [1.29, 1.82) is 0 Å². The van der Waals surface area contributed by atoms with Crippen LogP contribution < -0.4 is 4.72 Å². The van der Waals surface area contributed by atoms with Gasteiger partial charge in [-0.05, 0) is 38.0 Å². The zero-order valence-electron chi connectivity index (χ0n) is 8.20. The Kier molecular flexibility index (Phi) is 2.57. The van der Waals surface area contributed by atoms with Crippen LogP contribution in [-0.4, -0.2) is 31.4 Å². The second kappa shape index (κ2) is 3.47. The molecule has 0 heterocycles. The topological polar surface area (TPSA) is 66.4 Å². The van der Waals surface area contributed by atoms with E-state index < -0.39 is 15.6 Å². The van der Waals surface area contributed by atoms with Crippen molar-refractivity contribution in [1.82, 2.24) is 4.72 Å². The number of hydrogen-bond acceptors (Lipinski definition) is 3. The molecule has 5 heteroatoms. The second-order valence-corrected chi connectivity index (χ2v) is 6.39. The Hall–Kier alpha value is -0.130. The van der Waals surface area contributed by atoms with E-state index in [4.69, 9.17) is 5.11 Å². The highest BCUT2D eigenvalue weighted by molar-refractivity contribution is 7.89. The molecule has 0 saturated heterocycles. The van der Waals surface area contributed by atoms with E-state index in [0.29, 0.717) is 5.92 Å². The Morgan fingerprint density at radius 2 is 2.00 bits per heavy atom. The van der Waals surface area contributed by atoms with Crippen molar-refractivity contribution in [2.24, 2.45) is 5.92 Å². The van der Waals surface area contributed by atoms with Crippen molar-refractivity contribution in [2.75, 3.05) is 12.4 Å². The first-order valence-electron chi connectivity index (χ1n) is 5.18. The van der Waals surface area contributed by atoms with E-state index >= 15 is 0 Å². The number of aliphatic hydroxyl groups is 1. The van der Waals surface area contributed by atoms with E-state index in [9.17, 15) is 8.42 Å². The Morgan fingerprint density at radius 3 is 2.36 bits per heavy atom. The minimum Gasteiger partial charge on any atom is -0.394 e. The average molecular weight is 219 g/mol. The van der Waals surface area contributed by atoms with Crippen LogP contribution in [0.5, 0.6) is 0 Å². The van der Waals surface area contributed by atoms with Crippen LogP contribution in [-0.2, 0) is 10.0 Å². The molecule has 14 heavy (non-hydrogen) atoms. The normalized spacial score (nSPS) is 25.8. The zero-order chi connectivity index (χ0) is 10.2. The maximum absolute atomic E-state index is 11.6. The molecule has 82 valence electrons. The Bertz CT molecular complexity index is 299. The molecule has 0 aromatic heterocycles. The van der Waals surface area contributed by atoms with E-state index in [2.05, 4.69) is 4.72 Å². The molecule has 2 saturated carbocycles. The van der Waals surface area contributed by atoms with Gasteiger partial charge in [-0.15, -0.1) is 0 Å². The lowest BCUT2D eigenvalue weighted by atomic mass is 9.78. The number of rotatable bonds is 5. The van der Waals surface area contributed by atoms with Crippen LogP contribution in [0.1, 0.15) is 32.1 Å². The first-order valence-corrected chi connectivity index (χ1v) is 6.83. The molecule has 0 atom stereocenters. The van der Waals surface area contributed by atoms with Crippen LogP contribution in [0.4, 0.5) is 0 Å². The molecule has 0 spiro atoms. The quantitative estimate of drug-likeness (QED) is 0.695. The van der Waals surface area contributed by atoms with Crippen LogP contribution in [0.25, 0.3) is 0 Å². The summed E-state index contributed by atoms with van der Waals surface area (Å²) in [4.78, 5) is 0. The molecule has 0 aromatic carbocycles. The molecule has 2 aliphatic carbocycles. The average Bonchev–Trinajstić information content (AvgIpc) is 2.80. The molecule has 2 fully saturated rings. The number of nitrogens with one attached hydrogen (secondary N) is 1. The molecule has 2 aliphatic rings. The van der Waals surface area contributed by atoms with Crippen molar-refractivity contribution < 1.29 is 13.5 Å². The summed E-state index contributed by atoms with van der Waals surface area (Å²) in [5.74, 6) is 0.609. The fourth-order valence-corrected chi connectivity index (χ4v) is 3.83. The molecular weight excluding hydrogens is 202 g/mol. The van der Waals surface area contributed by atoms with Gasteiger partial charge >= 0.3 is 0 Å². The SMILES string of the molecule is O=S(=O)(CC1CC1)NC1(CO)CCC1. The molecular formula is C9H17NO3S. The molecule has 0 bridgehead atoms. The van der Waals surface area contributed by atoms with Crippen LogP contribution in [0.2, 0.25) is 0 Å². The van der Waals surface area contributed by atoms with Gasteiger partial charge in [0.25, 0.3) is 0 Å². The summed E-state index contributed by atoms with van der Waals surface area (Å²) < 4.78 is 25.9. The van der Waals surface area contributed by atoms with E-state index in [1.807, 2.05) is 0 Å². The van der Waals surface area contributed by atoms with E-state index in [1.165, 1.54) is 0 Å². The molecule has 0 unspecified atom stereocenters. The predicted octanol–water partition coefficient (Wildman–Crippen LogP) is 0.231. The summed E-state index contributed by atoms with van der Waals surface area (Å²) in [7, 11) is -3.16. The minimum atomic E-state index is -3.16. The summed E-state index contributed by atoms with van der Waals surface area (Å²) in [6.07, 6.45) is 4.62. The van der Waals surface area contributed by atoms with Gasteiger partial charge < -0.3 is 5.11 Å². The molecule has 4 nitrogen and oxygen atoms in total. The number of sulfonamides is 1. The largest absolute Gasteiger partial charge is 0.394 e. The lowest BCUT2D eigenvalue weighted by molar-refractivity contribution is 0.110. The van der Waals surface area contributed by atoms with Gasteiger partial charge in [-0.2, -0.15) is 0 Å². The monoisotopic (exact) mass is 219 g/mol. The third-order valence-corrected chi connectivity index (χ3v) is 4.79. The van der Waals surface area contributed by atoms with Crippen LogP contribution in [0.3, 0.4) is 0 Å². The van der Waals surface area contributed by atoms with Crippen LogP contribution in [0.15, 0.2) is 0 Å². The summed E-state index contributed by atoms with van der Waals surface area (Å²) >= 11 is 0. The van der Waals surface area contributed by atoms with Gasteiger partial charge in [-0.25, -0.2) is 13.1 Å². The first-order chi connectivity index (χ1) is 6.55. The van der Waals surface area contributed by atoms with Crippen molar-refractivity contribution in [3.63, 3.8) is 0 Å². The highest BCUT2D eigenvalue weighted by Crippen LogP contribution is 2.34. The van der Waals surface area contributed by atoms with E-state index in [-0.39, 0.29) is 12.4 Å². The number of aliphatic hydroxyl groups excluding tert-OH is 1. The highest BCUT2D eigenvalue weighted by Gasteiger charge is 2.41. The van der Waals surface area contributed by atoms with Gasteiger partial charge in [-0.1, -0.05) is 0 Å². The summed E-state index contributed by atoms with van der Waals surface area (Å²) in [5.41, 5.74) is -0.520. The van der Waals surface area contributed by atoms with Gasteiger partial charge in [-0.3, -0.25) is 0 Å². The third-order valence-electron chi connectivity index (χ3n) is 3.14. The molecule has 0 radical (unpaired) electrons. The van der Waals surface area contributed by atoms with Gasteiger partial charge in [0, 0.05) is 0 Å². The highest BCUT2D eigenvalue weighted by atomic mass is 32.2. The van der Waals surface area contributed by atoms with Crippen molar-refractivity contribution in [3.05, 3.63) is 0 Å². The molecule has 0 amide bonds. The maximum atomic E-state index is 11.6. The van der Waals surface area contributed by atoms with E-state index in [1.54, 1.807) is 0 Å². The van der Waals surface area contributed by atoms with E-state index in [0.717, 1.165) is 32.1 Å². The predicted molar refractivity (Wildman–Crippen MR) is 53.3 cm³/mol. The van der Waals surface area contributed by atoms with Crippen molar-refractivity contribution in [3.8, 4) is 0 Å². The second-order valence-electron chi connectivity index (χ2n) is 4.62. The Balaban J connectivity index is 1.93. The van der Waals surface area contributed by atoms with Crippen molar-refractivity contribution in [2.45, 2.75) is 37.6 Å². The fraction of sp³-hybridized carbons (Fsp3) is 1.00. The zero-order valence-corrected chi connectivity index (χ0v) is 9.02. The number of hydrogen-bond donors (Lipinski definition) is 2. The summed E-state index contributed by atoms with van der Waals surface area (Å²) in [5, 5.41) is 9.12. The van der Waals surface area contributed by atoms with Crippen LogP contribution in [0, 0.1) is 5.92 Å². The summed E-state index contributed by atoms with van der Waals surface area (Å²) in [6, 6.07) is 0. The first kappa shape index (κ1) is 10.4. The third kappa shape index (κ3) is 2.27. The Labute approximate surface area is 84.8 Å². The molecule has 0 aromatic rings. The lowest BCUT2D eigenvalue weighted by Crippen LogP contribution is -2.56. The molecule has 2 rings (SSSR count). The van der Waals surface area contributed by atoms with Crippen LogP contribution >= 0.6 is 0 Å². The lowest BCUT2D eigenvalue weighted by Gasteiger charge is -2.40. The summed E-state index contributed by atoms with van der Waals surface area (Å²) in [6.45, 7) is -0.0725. The van der Waals surface area contributed by atoms with Gasteiger partial charge in [0.15, 0.2) is 0 Å². The van der Waals surface area contributed by atoms with Crippen molar-refractivity contribution >= 4 is 10.0 Å². The van der Waals surface area contributed by atoms with Gasteiger partial charge in [0.2, 0.25) is 10.0 Å². The maximum Gasteiger partial charge on any atom is 0.212 e. The fourth-order valence-electron chi connectivity index (χ4n) is 1.86. The minimum absolute atomic E-state index is 0.0725. The Morgan fingerprint density at radius 1 is 1.36 bits per heavy atom. The standard InChI is InChI=1S/C9H17NO3S/c11-7-9(4-1-5-9)10-14(12,13)6-8-2-3-8/h8,10-11H,1-7H2. The smallest absolute Gasteiger partial charge is 0.212 e. The molecule has 0 aliphatic heterocycles. The molecule has 2 N–H and O–H groups in total. The van der Waals surface area contributed by atoms with Gasteiger partial charge in [0.1, 0.15) is 0 Å². The van der Waals surface area contributed by atoms with Gasteiger partial charge in [0.05, 0.1) is 17.9 Å².